The molecule has 1 fully saturated rings. The zero-order chi connectivity index (χ0) is 17.5. The number of benzene rings is 1. The van der Waals surface area contributed by atoms with Crippen LogP contribution in [0.2, 0.25) is 0 Å². The molecule has 0 bridgehead atoms. The van der Waals surface area contributed by atoms with Crippen molar-refractivity contribution in [3.8, 4) is 5.75 Å². The fourth-order valence-corrected chi connectivity index (χ4v) is 3.24. The Balaban J connectivity index is 1.45. The Kier molecular flexibility index (Phi) is 6.06. The van der Waals surface area contributed by atoms with E-state index in [1.54, 1.807) is 0 Å². The number of ether oxygens (including phenoxy) is 1. The number of likely N-dealkylation sites (tertiary alicyclic amines) is 1. The van der Waals surface area contributed by atoms with E-state index in [4.69, 9.17) is 4.74 Å². The summed E-state index contributed by atoms with van der Waals surface area (Å²) >= 11 is 0. The number of carbonyl (C=O) groups is 1. The SMILES string of the molecule is CCOc1ccccc1NC(=O)CN1CCC(Cn2cccn2)CC1. The Morgan fingerprint density at radius 1 is 1.28 bits per heavy atom. The monoisotopic (exact) mass is 342 g/mol. The van der Waals surface area contributed by atoms with E-state index in [2.05, 4.69) is 15.3 Å². The molecule has 1 aromatic heterocycles. The molecule has 0 saturated carbocycles. The van der Waals surface area contributed by atoms with Crippen molar-refractivity contribution < 1.29 is 9.53 Å². The molecule has 0 radical (unpaired) electrons. The summed E-state index contributed by atoms with van der Waals surface area (Å²) in [5.41, 5.74) is 0.739. The number of piperidine rings is 1. The van der Waals surface area contributed by atoms with Gasteiger partial charge in [0.05, 0.1) is 18.8 Å². The van der Waals surface area contributed by atoms with Gasteiger partial charge in [0.1, 0.15) is 5.75 Å². The molecule has 6 heteroatoms. The van der Waals surface area contributed by atoms with Gasteiger partial charge in [-0.05, 0) is 57.0 Å². The van der Waals surface area contributed by atoms with Crippen LogP contribution in [0.5, 0.6) is 5.75 Å². The number of nitrogens with zero attached hydrogens (tertiary/aromatic N) is 3. The molecular weight excluding hydrogens is 316 g/mol. The highest BCUT2D eigenvalue weighted by atomic mass is 16.5. The Morgan fingerprint density at radius 3 is 2.80 bits per heavy atom. The summed E-state index contributed by atoms with van der Waals surface area (Å²) in [5, 5.41) is 7.25. The maximum Gasteiger partial charge on any atom is 0.238 e. The minimum absolute atomic E-state index is 0.0117. The van der Waals surface area contributed by atoms with Crippen LogP contribution < -0.4 is 10.1 Å². The summed E-state index contributed by atoms with van der Waals surface area (Å²) in [4.78, 5) is 14.6. The van der Waals surface area contributed by atoms with Crippen LogP contribution in [0.3, 0.4) is 0 Å². The molecule has 1 saturated heterocycles. The van der Waals surface area contributed by atoms with E-state index in [1.807, 2.05) is 54.3 Å². The molecule has 1 N–H and O–H groups in total. The number of hydrogen-bond acceptors (Lipinski definition) is 4. The zero-order valence-corrected chi connectivity index (χ0v) is 14.7. The summed E-state index contributed by atoms with van der Waals surface area (Å²) < 4.78 is 7.55. The van der Waals surface area contributed by atoms with Crippen LogP contribution in [-0.2, 0) is 11.3 Å². The lowest BCUT2D eigenvalue weighted by Crippen LogP contribution is -2.40. The van der Waals surface area contributed by atoms with Crippen LogP contribution in [-0.4, -0.2) is 46.8 Å². The van der Waals surface area contributed by atoms with E-state index in [1.165, 1.54) is 0 Å². The number of anilines is 1. The average Bonchev–Trinajstić information content (AvgIpc) is 3.12. The van der Waals surface area contributed by atoms with Crippen LogP contribution in [0.1, 0.15) is 19.8 Å². The van der Waals surface area contributed by atoms with Gasteiger partial charge >= 0.3 is 0 Å². The van der Waals surface area contributed by atoms with E-state index in [0.717, 1.165) is 43.9 Å². The quantitative estimate of drug-likeness (QED) is 0.840. The highest BCUT2D eigenvalue weighted by Gasteiger charge is 2.21. The third kappa shape index (κ3) is 5.06. The van der Waals surface area contributed by atoms with Gasteiger partial charge in [-0.3, -0.25) is 14.4 Å². The lowest BCUT2D eigenvalue weighted by Gasteiger charge is -2.31. The molecule has 1 aromatic carbocycles. The van der Waals surface area contributed by atoms with Gasteiger partial charge in [0.2, 0.25) is 5.91 Å². The van der Waals surface area contributed by atoms with Crippen LogP contribution in [0.15, 0.2) is 42.7 Å². The van der Waals surface area contributed by atoms with Gasteiger partial charge in [-0.2, -0.15) is 5.10 Å². The van der Waals surface area contributed by atoms with E-state index >= 15 is 0 Å². The molecule has 1 amide bonds. The van der Waals surface area contributed by atoms with Crippen molar-refractivity contribution in [2.24, 2.45) is 5.92 Å². The second-order valence-corrected chi connectivity index (χ2v) is 6.42. The molecule has 6 nitrogen and oxygen atoms in total. The largest absolute Gasteiger partial charge is 0.492 e. The topological polar surface area (TPSA) is 59.4 Å². The summed E-state index contributed by atoms with van der Waals surface area (Å²) in [7, 11) is 0. The van der Waals surface area contributed by atoms with Gasteiger partial charge in [0.15, 0.2) is 0 Å². The van der Waals surface area contributed by atoms with Gasteiger partial charge in [-0.1, -0.05) is 12.1 Å². The summed E-state index contributed by atoms with van der Waals surface area (Å²) in [5.74, 6) is 1.37. The van der Waals surface area contributed by atoms with E-state index in [0.29, 0.717) is 19.1 Å². The summed E-state index contributed by atoms with van der Waals surface area (Å²) in [6.45, 7) is 5.81. The van der Waals surface area contributed by atoms with E-state index < -0.39 is 0 Å². The van der Waals surface area contributed by atoms with E-state index in [-0.39, 0.29) is 5.91 Å². The van der Waals surface area contributed by atoms with Crippen LogP contribution in [0, 0.1) is 5.92 Å². The standard InChI is InChI=1S/C19H26N4O2/c1-2-25-18-7-4-3-6-17(18)21-19(24)15-22-12-8-16(9-13-22)14-23-11-5-10-20-23/h3-7,10-11,16H,2,8-9,12-15H2,1H3,(H,21,24). The predicted molar refractivity (Wildman–Crippen MR) is 97.6 cm³/mol. The molecule has 0 unspecified atom stereocenters. The molecule has 1 aliphatic rings. The molecule has 0 spiro atoms. The fourth-order valence-electron chi connectivity index (χ4n) is 3.24. The lowest BCUT2D eigenvalue weighted by atomic mass is 9.97. The van der Waals surface area contributed by atoms with Crippen molar-refractivity contribution in [2.75, 3.05) is 31.6 Å². The van der Waals surface area contributed by atoms with Crippen molar-refractivity contribution >= 4 is 11.6 Å². The molecule has 1 aliphatic heterocycles. The van der Waals surface area contributed by atoms with Crippen LogP contribution >= 0.6 is 0 Å². The number of carbonyl (C=O) groups excluding carboxylic acids is 1. The first kappa shape index (κ1) is 17.5. The smallest absolute Gasteiger partial charge is 0.238 e. The Bertz CT molecular complexity index is 664. The average molecular weight is 342 g/mol. The molecule has 134 valence electrons. The maximum atomic E-state index is 12.4. The maximum absolute atomic E-state index is 12.4. The first-order chi connectivity index (χ1) is 12.2. The number of nitrogens with one attached hydrogen (secondary N) is 1. The minimum atomic E-state index is 0.0117. The van der Waals surface area contributed by atoms with Crippen molar-refractivity contribution in [3.63, 3.8) is 0 Å². The molecule has 25 heavy (non-hydrogen) atoms. The molecular formula is C19H26N4O2. The number of hydrogen-bond donors (Lipinski definition) is 1. The Labute approximate surface area is 148 Å². The molecule has 0 atom stereocenters. The Morgan fingerprint density at radius 2 is 2.08 bits per heavy atom. The fraction of sp³-hybridized carbons (Fsp3) is 0.474. The van der Waals surface area contributed by atoms with Gasteiger partial charge in [0, 0.05) is 18.9 Å². The molecule has 2 heterocycles. The minimum Gasteiger partial charge on any atom is -0.492 e. The normalized spacial score (nSPS) is 15.9. The molecule has 2 aromatic rings. The number of amides is 1. The van der Waals surface area contributed by atoms with Crippen molar-refractivity contribution in [1.82, 2.24) is 14.7 Å². The van der Waals surface area contributed by atoms with Crippen molar-refractivity contribution in [3.05, 3.63) is 42.7 Å². The van der Waals surface area contributed by atoms with Crippen molar-refractivity contribution in [2.45, 2.75) is 26.3 Å². The summed E-state index contributed by atoms with van der Waals surface area (Å²) in [6, 6.07) is 9.52. The predicted octanol–water partition coefficient (Wildman–Crippen LogP) is 2.63. The highest BCUT2D eigenvalue weighted by Crippen LogP contribution is 2.24. The van der Waals surface area contributed by atoms with Gasteiger partial charge in [0.25, 0.3) is 0 Å². The number of aromatic nitrogens is 2. The number of para-hydroxylation sites is 2. The van der Waals surface area contributed by atoms with E-state index in [9.17, 15) is 4.79 Å². The van der Waals surface area contributed by atoms with Crippen molar-refractivity contribution in [1.29, 1.82) is 0 Å². The first-order valence-electron chi connectivity index (χ1n) is 8.96. The summed E-state index contributed by atoms with van der Waals surface area (Å²) in [6.07, 6.45) is 6.03. The second kappa shape index (κ2) is 8.67. The van der Waals surface area contributed by atoms with Gasteiger partial charge in [-0.15, -0.1) is 0 Å². The number of rotatable bonds is 7. The van der Waals surface area contributed by atoms with Gasteiger partial charge in [-0.25, -0.2) is 0 Å². The Hall–Kier alpha value is -2.34. The first-order valence-corrected chi connectivity index (χ1v) is 8.96. The second-order valence-electron chi connectivity index (χ2n) is 6.42. The lowest BCUT2D eigenvalue weighted by molar-refractivity contribution is -0.117. The highest BCUT2D eigenvalue weighted by molar-refractivity contribution is 5.93. The third-order valence-electron chi connectivity index (χ3n) is 4.54. The van der Waals surface area contributed by atoms with Gasteiger partial charge < -0.3 is 10.1 Å². The molecule has 3 rings (SSSR count). The van der Waals surface area contributed by atoms with Crippen LogP contribution in [0.4, 0.5) is 5.69 Å². The zero-order valence-electron chi connectivity index (χ0n) is 14.7. The van der Waals surface area contributed by atoms with Crippen LogP contribution in [0.25, 0.3) is 0 Å². The third-order valence-corrected chi connectivity index (χ3v) is 4.54. The molecule has 0 aliphatic carbocycles.